The molecule has 0 saturated carbocycles. The molecule has 1 N–H and O–H groups in total. The number of Topliss-reactive ketones (excluding diaryl/α,β-unsaturated/α-hetero) is 1. The third-order valence-electron chi connectivity index (χ3n) is 6.76. The van der Waals surface area contributed by atoms with Crippen molar-refractivity contribution in [3.8, 4) is 23.0 Å². The summed E-state index contributed by atoms with van der Waals surface area (Å²) in [5.41, 5.74) is 0.992. The van der Waals surface area contributed by atoms with Crippen LogP contribution in [0.15, 0.2) is 42.0 Å². The van der Waals surface area contributed by atoms with Crippen LogP contribution < -0.4 is 18.9 Å². The Morgan fingerprint density at radius 3 is 2.03 bits per heavy atom. The first-order valence-electron chi connectivity index (χ1n) is 11.9. The van der Waals surface area contributed by atoms with Crippen LogP contribution in [0, 0.1) is 0 Å². The molecule has 2 aliphatic rings. The quantitative estimate of drug-likeness (QED) is 0.321. The number of aliphatic hydroxyl groups is 1. The maximum absolute atomic E-state index is 13.3. The molecule has 192 valence electrons. The Hall–Kier alpha value is -3.72. The highest BCUT2D eigenvalue weighted by atomic mass is 16.5. The number of carbonyl (C=O) groups excluding carboxylic acids is 2. The number of amides is 1. The molecule has 4 rings (SSSR count). The topological polar surface area (TPSA) is 97.8 Å². The molecule has 0 bridgehead atoms. The number of ether oxygens (including phenoxy) is 4. The van der Waals surface area contributed by atoms with Crippen LogP contribution in [-0.2, 0) is 9.59 Å². The van der Waals surface area contributed by atoms with Crippen molar-refractivity contribution < 1.29 is 33.6 Å². The lowest BCUT2D eigenvalue weighted by atomic mass is 9.94. The molecule has 9 nitrogen and oxygen atoms in total. The second-order valence-electron chi connectivity index (χ2n) is 8.73. The third kappa shape index (κ3) is 4.70. The van der Waals surface area contributed by atoms with Gasteiger partial charge in [-0.1, -0.05) is 0 Å². The van der Waals surface area contributed by atoms with Crippen LogP contribution in [0.25, 0.3) is 5.76 Å². The fraction of sp³-hybridized carbons (Fsp3) is 0.407. The Morgan fingerprint density at radius 1 is 0.889 bits per heavy atom. The number of carbonyl (C=O) groups is 2. The van der Waals surface area contributed by atoms with Gasteiger partial charge in [0.1, 0.15) is 11.5 Å². The minimum atomic E-state index is -0.830. The summed E-state index contributed by atoms with van der Waals surface area (Å²) < 4.78 is 21.7. The van der Waals surface area contributed by atoms with Crippen molar-refractivity contribution in [2.24, 2.45) is 0 Å². The van der Waals surface area contributed by atoms with Gasteiger partial charge in [0.2, 0.25) is 5.75 Å². The van der Waals surface area contributed by atoms with Crippen molar-refractivity contribution in [3.63, 3.8) is 0 Å². The average molecular weight is 497 g/mol. The minimum Gasteiger partial charge on any atom is -0.507 e. The first-order valence-corrected chi connectivity index (χ1v) is 11.9. The highest BCUT2D eigenvalue weighted by molar-refractivity contribution is 6.46. The molecule has 2 aliphatic heterocycles. The van der Waals surface area contributed by atoms with Gasteiger partial charge in [0, 0.05) is 18.7 Å². The Balaban J connectivity index is 1.84. The Morgan fingerprint density at radius 2 is 1.50 bits per heavy atom. The summed E-state index contributed by atoms with van der Waals surface area (Å²) in [4.78, 5) is 30.4. The van der Waals surface area contributed by atoms with Crippen molar-refractivity contribution in [1.82, 2.24) is 9.80 Å². The summed E-state index contributed by atoms with van der Waals surface area (Å²) >= 11 is 0. The first kappa shape index (κ1) is 25.4. The molecule has 0 spiro atoms. The second kappa shape index (κ2) is 10.9. The largest absolute Gasteiger partial charge is 0.507 e. The molecule has 1 unspecified atom stereocenters. The summed E-state index contributed by atoms with van der Waals surface area (Å²) in [6.45, 7) is 2.90. The van der Waals surface area contributed by atoms with E-state index in [1.165, 1.54) is 26.2 Å². The van der Waals surface area contributed by atoms with Crippen molar-refractivity contribution in [1.29, 1.82) is 0 Å². The van der Waals surface area contributed by atoms with Crippen molar-refractivity contribution in [3.05, 3.63) is 53.1 Å². The van der Waals surface area contributed by atoms with Crippen LogP contribution in [0.1, 0.15) is 30.0 Å². The number of nitrogens with zero attached hydrogens (tertiary/aromatic N) is 2. The maximum atomic E-state index is 13.3. The molecule has 2 aromatic carbocycles. The number of benzene rings is 2. The van der Waals surface area contributed by atoms with E-state index >= 15 is 0 Å². The molecule has 0 radical (unpaired) electrons. The highest BCUT2D eigenvalue weighted by Crippen LogP contribution is 2.45. The van der Waals surface area contributed by atoms with E-state index in [0.29, 0.717) is 47.2 Å². The number of hydrogen-bond acceptors (Lipinski definition) is 8. The van der Waals surface area contributed by atoms with Crippen molar-refractivity contribution in [2.75, 3.05) is 54.6 Å². The van der Waals surface area contributed by atoms with Gasteiger partial charge in [0.15, 0.2) is 11.5 Å². The van der Waals surface area contributed by atoms with Gasteiger partial charge in [0.05, 0.1) is 40.1 Å². The third-order valence-corrected chi connectivity index (χ3v) is 6.76. The molecule has 2 fully saturated rings. The molecular formula is C27H32N2O7. The monoisotopic (exact) mass is 496 g/mol. The van der Waals surface area contributed by atoms with Crippen molar-refractivity contribution in [2.45, 2.75) is 18.9 Å². The van der Waals surface area contributed by atoms with Crippen LogP contribution in [0.2, 0.25) is 0 Å². The lowest BCUT2D eigenvalue weighted by molar-refractivity contribution is -0.140. The van der Waals surface area contributed by atoms with E-state index < -0.39 is 17.7 Å². The van der Waals surface area contributed by atoms with E-state index in [0.717, 1.165) is 25.9 Å². The minimum absolute atomic E-state index is 0.0147. The van der Waals surface area contributed by atoms with Gasteiger partial charge in [-0.05, 0) is 67.9 Å². The van der Waals surface area contributed by atoms with Crippen LogP contribution in [-0.4, -0.2) is 81.2 Å². The van der Waals surface area contributed by atoms with Gasteiger partial charge in [-0.25, -0.2) is 0 Å². The summed E-state index contributed by atoms with van der Waals surface area (Å²) in [5, 5.41) is 11.3. The molecule has 2 saturated heterocycles. The number of aliphatic hydroxyl groups excluding tert-OH is 1. The van der Waals surface area contributed by atoms with Crippen LogP contribution in [0.3, 0.4) is 0 Å². The standard InChI is InChI=1S/C27H32N2O7/c1-33-19-9-7-17(8-10-19)24(30)22-23(18-15-20(34-2)26(36-4)21(16-18)35-3)29(27(32)25(22)31)14-13-28-11-5-6-12-28/h7-10,15-16,23,30H,5-6,11-14H2,1-4H3/b24-22+. The van der Waals surface area contributed by atoms with E-state index in [2.05, 4.69) is 4.90 Å². The van der Waals surface area contributed by atoms with E-state index in [9.17, 15) is 14.7 Å². The zero-order chi connectivity index (χ0) is 25.8. The van der Waals surface area contributed by atoms with Crippen molar-refractivity contribution >= 4 is 17.4 Å². The van der Waals surface area contributed by atoms with Gasteiger partial charge >= 0.3 is 0 Å². The van der Waals surface area contributed by atoms with Gasteiger partial charge in [0.25, 0.3) is 11.7 Å². The number of likely N-dealkylation sites (tertiary alicyclic amines) is 2. The maximum Gasteiger partial charge on any atom is 0.295 e. The summed E-state index contributed by atoms with van der Waals surface area (Å²) in [6, 6.07) is 9.27. The fourth-order valence-electron chi connectivity index (χ4n) is 4.88. The molecule has 9 heteroatoms. The SMILES string of the molecule is COc1ccc(/C(O)=C2\C(=O)C(=O)N(CCN3CCCC3)C2c2cc(OC)c(OC)c(OC)c2)cc1. The molecule has 2 aromatic rings. The lowest BCUT2D eigenvalue weighted by Gasteiger charge is -2.28. The Bertz CT molecular complexity index is 1130. The second-order valence-corrected chi connectivity index (χ2v) is 8.73. The zero-order valence-corrected chi connectivity index (χ0v) is 21.1. The Kier molecular flexibility index (Phi) is 7.69. The zero-order valence-electron chi connectivity index (χ0n) is 21.1. The fourth-order valence-corrected chi connectivity index (χ4v) is 4.88. The molecule has 0 aliphatic carbocycles. The predicted molar refractivity (Wildman–Crippen MR) is 134 cm³/mol. The van der Waals surface area contributed by atoms with E-state index in [-0.39, 0.29) is 11.3 Å². The molecule has 0 aromatic heterocycles. The summed E-state index contributed by atoms with van der Waals surface area (Å²) in [7, 11) is 6.06. The number of methoxy groups -OCH3 is 4. The normalized spacial score (nSPS) is 19.6. The van der Waals surface area contributed by atoms with Gasteiger partial charge in [-0.2, -0.15) is 0 Å². The van der Waals surface area contributed by atoms with E-state index in [1.807, 2.05) is 0 Å². The molecule has 1 amide bonds. The van der Waals surface area contributed by atoms with Crippen LogP contribution in [0.4, 0.5) is 0 Å². The highest BCUT2D eigenvalue weighted by Gasteiger charge is 2.46. The van der Waals surface area contributed by atoms with E-state index in [4.69, 9.17) is 18.9 Å². The lowest BCUT2D eigenvalue weighted by Crippen LogP contribution is -2.37. The smallest absolute Gasteiger partial charge is 0.295 e. The van der Waals surface area contributed by atoms with E-state index in [1.54, 1.807) is 43.5 Å². The predicted octanol–water partition coefficient (Wildman–Crippen LogP) is 3.24. The average Bonchev–Trinajstić information content (AvgIpc) is 3.52. The van der Waals surface area contributed by atoms with Gasteiger partial charge < -0.3 is 33.9 Å². The van der Waals surface area contributed by atoms with Gasteiger partial charge in [-0.3, -0.25) is 9.59 Å². The first-order chi connectivity index (χ1) is 17.4. The molecule has 1 atom stereocenters. The van der Waals surface area contributed by atoms with Crippen LogP contribution >= 0.6 is 0 Å². The molecule has 2 heterocycles. The van der Waals surface area contributed by atoms with Crippen LogP contribution in [0.5, 0.6) is 23.0 Å². The summed E-state index contributed by atoms with van der Waals surface area (Å²) in [6.07, 6.45) is 2.24. The molecule has 36 heavy (non-hydrogen) atoms. The number of ketones is 1. The van der Waals surface area contributed by atoms with Gasteiger partial charge in [-0.15, -0.1) is 0 Å². The Labute approximate surface area is 210 Å². The summed E-state index contributed by atoms with van der Waals surface area (Å²) in [5.74, 6) is 0.152. The molecular weight excluding hydrogens is 464 g/mol. The number of hydrogen-bond donors (Lipinski definition) is 1. The number of rotatable bonds is 9.